The minimum atomic E-state index is -0.571. The van der Waals surface area contributed by atoms with Crippen LogP contribution in [0.5, 0.6) is 0 Å². The fraction of sp³-hybridized carbons (Fsp3) is 0.381. The van der Waals surface area contributed by atoms with E-state index in [0.29, 0.717) is 22.0 Å². The molecule has 1 aromatic carbocycles. The maximum Gasteiger partial charge on any atom is 0.341 e. The Morgan fingerprint density at radius 3 is 2.55 bits per heavy atom. The third-order valence-corrected chi connectivity index (χ3v) is 6.16. The predicted octanol–water partition coefficient (Wildman–Crippen LogP) is 2.54. The van der Waals surface area contributed by atoms with Crippen molar-refractivity contribution in [1.29, 1.82) is 0 Å². The molecule has 154 valence electrons. The van der Waals surface area contributed by atoms with Crippen molar-refractivity contribution >= 4 is 34.1 Å². The number of esters is 1. The van der Waals surface area contributed by atoms with Crippen molar-refractivity contribution in [3.05, 3.63) is 51.4 Å². The first-order valence-electron chi connectivity index (χ1n) is 9.34. The molecule has 0 atom stereocenters. The standard InChI is InChI=1S/C21H25N3O4S/c1-13-17(21(27)28-4)19(29-18(13)20(26)23(2)3)22-16(25)12-24-10-9-14-7-5-6-8-15(14)11-24/h5-8H,9-12H2,1-4H3,(H,22,25). The van der Waals surface area contributed by atoms with Gasteiger partial charge in [-0.1, -0.05) is 24.3 Å². The van der Waals surface area contributed by atoms with E-state index in [2.05, 4.69) is 22.3 Å². The number of carbonyl (C=O) groups is 3. The number of benzene rings is 1. The first-order chi connectivity index (χ1) is 13.8. The van der Waals surface area contributed by atoms with E-state index in [1.165, 1.54) is 23.1 Å². The summed E-state index contributed by atoms with van der Waals surface area (Å²) in [7, 11) is 4.57. The zero-order chi connectivity index (χ0) is 21.1. The minimum Gasteiger partial charge on any atom is -0.465 e. The lowest BCUT2D eigenvalue weighted by molar-refractivity contribution is -0.117. The Hall–Kier alpha value is -2.71. The molecule has 1 aromatic heterocycles. The molecule has 1 aliphatic rings. The Bertz CT molecular complexity index is 951. The lowest BCUT2D eigenvalue weighted by Gasteiger charge is -2.28. The van der Waals surface area contributed by atoms with Gasteiger partial charge in [0, 0.05) is 27.2 Å². The third-order valence-electron chi connectivity index (χ3n) is 4.97. The van der Waals surface area contributed by atoms with Crippen LogP contribution in [0, 0.1) is 6.92 Å². The SMILES string of the molecule is COC(=O)c1c(NC(=O)CN2CCc3ccccc3C2)sc(C(=O)N(C)C)c1C. The number of amides is 2. The predicted molar refractivity (Wildman–Crippen MR) is 112 cm³/mol. The Balaban J connectivity index is 1.77. The van der Waals surface area contributed by atoms with Crippen molar-refractivity contribution in [2.24, 2.45) is 0 Å². The van der Waals surface area contributed by atoms with Crippen molar-refractivity contribution < 1.29 is 19.1 Å². The molecule has 0 unspecified atom stereocenters. The summed E-state index contributed by atoms with van der Waals surface area (Å²) in [6.07, 6.45) is 0.899. The second-order valence-corrected chi connectivity index (χ2v) is 8.25. The molecule has 1 N–H and O–H groups in total. The summed E-state index contributed by atoms with van der Waals surface area (Å²) in [5.74, 6) is -1.01. The Labute approximate surface area is 174 Å². The van der Waals surface area contributed by atoms with Crippen LogP contribution < -0.4 is 5.32 Å². The summed E-state index contributed by atoms with van der Waals surface area (Å²) in [6, 6.07) is 8.23. The second kappa shape index (κ2) is 8.75. The van der Waals surface area contributed by atoms with Gasteiger partial charge in [0.05, 0.1) is 24.1 Å². The molecule has 2 aromatic rings. The van der Waals surface area contributed by atoms with Gasteiger partial charge in [0.15, 0.2) is 0 Å². The summed E-state index contributed by atoms with van der Waals surface area (Å²) in [5.41, 5.74) is 3.30. The highest BCUT2D eigenvalue weighted by atomic mass is 32.1. The smallest absolute Gasteiger partial charge is 0.341 e. The van der Waals surface area contributed by atoms with Gasteiger partial charge in [-0.15, -0.1) is 11.3 Å². The van der Waals surface area contributed by atoms with Crippen molar-refractivity contribution in [2.45, 2.75) is 19.9 Å². The van der Waals surface area contributed by atoms with Gasteiger partial charge in [-0.2, -0.15) is 0 Å². The number of nitrogens with one attached hydrogen (secondary N) is 1. The van der Waals surface area contributed by atoms with Crippen LogP contribution in [0.1, 0.15) is 36.7 Å². The lowest BCUT2D eigenvalue weighted by atomic mass is 10.00. The van der Waals surface area contributed by atoms with Crippen molar-refractivity contribution in [2.75, 3.05) is 39.6 Å². The molecule has 0 radical (unpaired) electrons. The molecule has 29 heavy (non-hydrogen) atoms. The molecular weight excluding hydrogens is 390 g/mol. The molecular formula is C21H25N3O4S. The van der Waals surface area contributed by atoms with Crippen molar-refractivity contribution in [3.8, 4) is 0 Å². The number of fused-ring (bicyclic) bond motifs is 1. The molecule has 1 aliphatic heterocycles. The van der Waals surface area contributed by atoms with Crippen molar-refractivity contribution in [1.82, 2.24) is 9.80 Å². The van der Waals surface area contributed by atoms with Crippen LogP contribution in [0.15, 0.2) is 24.3 Å². The molecule has 7 nitrogen and oxygen atoms in total. The average molecular weight is 416 g/mol. The molecule has 0 saturated carbocycles. The molecule has 0 fully saturated rings. The maximum atomic E-state index is 12.7. The monoisotopic (exact) mass is 415 g/mol. The fourth-order valence-electron chi connectivity index (χ4n) is 3.41. The van der Waals surface area contributed by atoms with Crippen LogP contribution in [0.25, 0.3) is 0 Å². The molecule has 0 saturated heterocycles. The zero-order valence-electron chi connectivity index (χ0n) is 17.1. The van der Waals surface area contributed by atoms with E-state index in [9.17, 15) is 14.4 Å². The average Bonchev–Trinajstić information content (AvgIpc) is 3.02. The van der Waals surface area contributed by atoms with Gasteiger partial charge in [-0.25, -0.2) is 4.79 Å². The maximum absolute atomic E-state index is 12.7. The fourth-order valence-corrected chi connectivity index (χ4v) is 4.65. The van der Waals surface area contributed by atoms with Gasteiger partial charge in [0.25, 0.3) is 5.91 Å². The molecule has 0 spiro atoms. The topological polar surface area (TPSA) is 79.0 Å². The van der Waals surface area contributed by atoms with E-state index in [1.54, 1.807) is 21.0 Å². The zero-order valence-corrected chi connectivity index (χ0v) is 17.9. The second-order valence-electron chi connectivity index (χ2n) is 7.23. The van der Waals surface area contributed by atoms with Crippen LogP contribution >= 0.6 is 11.3 Å². The number of carbonyl (C=O) groups excluding carboxylic acids is 3. The van der Waals surface area contributed by atoms with Crippen LogP contribution in [-0.4, -0.2) is 61.9 Å². The van der Waals surface area contributed by atoms with E-state index in [1.807, 2.05) is 12.1 Å². The quantitative estimate of drug-likeness (QED) is 0.760. The summed E-state index contributed by atoms with van der Waals surface area (Å²) in [6.45, 7) is 3.41. The molecule has 8 heteroatoms. The number of ether oxygens (including phenoxy) is 1. The highest BCUT2D eigenvalue weighted by molar-refractivity contribution is 7.18. The van der Waals surface area contributed by atoms with E-state index in [4.69, 9.17) is 4.74 Å². The first-order valence-corrected chi connectivity index (χ1v) is 10.2. The Morgan fingerprint density at radius 2 is 1.90 bits per heavy atom. The number of hydrogen-bond acceptors (Lipinski definition) is 6. The number of nitrogens with zero attached hydrogens (tertiary/aromatic N) is 2. The molecule has 2 amide bonds. The Morgan fingerprint density at radius 1 is 1.21 bits per heavy atom. The highest BCUT2D eigenvalue weighted by Crippen LogP contribution is 2.34. The number of thiophene rings is 1. The molecule has 0 bridgehead atoms. The number of rotatable bonds is 5. The number of hydrogen-bond donors (Lipinski definition) is 1. The van der Waals surface area contributed by atoms with E-state index < -0.39 is 5.97 Å². The largest absolute Gasteiger partial charge is 0.465 e. The van der Waals surface area contributed by atoms with Crippen molar-refractivity contribution in [3.63, 3.8) is 0 Å². The van der Waals surface area contributed by atoms with Gasteiger partial charge in [-0.3, -0.25) is 14.5 Å². The van der Waals surface area contributed by atoms with Crippen LogP contribution in [0.3, 0.4) is 0 Å². The summed E-state index contributed by atoms with van der Waals surface area (Å²) < 4.78 is 4.86. The lowest BCUT2D eigenvalue weighted by Crippen LogP contribution is -2.37. The summed E-state index contributed by atoms with van der Waals surface area (Å²) in [5, 5.41) is 3.17. The van der Waals surface area contributed by atoms with Crippen LogP contribution in [0.4, 0.5) is 5.00 Å². The molecule has 3 rings (SSSR count). The molecule has 2 heterocycles. The third kappa shape index (κ3) is 4.49. The molecule has 0 aliphatic carbocycles. The first kappa shape index (κ1) is 21.0. The highest BCUT2D eigenvalue weighted by Gasteiger charge is 2.27. The van der Waals surface area contributed by atoms with E-state index in [0.717, 1.165) is 24.3 Å². The van der Waals surface area contributed by atoms with Gasteiger partial charge < -0.3 is 15.0 Å². The van der Waals surface area contributed by atoms with Gasteiger partial charge in [0.1, 0.15) is 5.00 Å². The van der Waals surface area contributed by atoms with Gasteiger partial charge in [-0.05, 0) is 30.0 Å². The number of methoxy groups -OCH3 is 1. The Kier molecular flexibility index (Phi) is 6.34. The number of anilines is 1. The van der Waals surface area contributed by atoms with E-state index in [-0.39, 0.29) is 23.9 Å². The summed E-state index contributed by atoms with van der Waals surface area (Å²) in [4.78, 5) is 41.3. The minimum absolute atomic E-state index is 0.211. The van der Waals surface area contributed by atoms with Crippen LogP contribution in [-0.2, 0) is 22.5 Å². The van der Waals surface area contributed by atoms with Gasteiger partial charge in [0.2, 0.25) is 5.91 Å². The van der Waals surface area contributed by atoms with Crippen LogP contribution in [0.2, 0.25) is 0 Å². The summed E-state index contributed by atoms with van der Waals surface area (Å²) >= 11 is 1.10. The van der Waals surface area contributed by atoms with Gasteiger partial charge >= 0.3 is 5.97 Å². The van der Waals surface area contributed by atoms with E-state index >= 15 is 0 Å². The normalized spacial score (nSPS) is 13.5.